The summed E-state index contributed by atoms with van der Waals surface area (Å²) in [6, 6.07) is 3.74. The number of H-pyrrole nitrogens is 1. The third kappa shape index (κ3) is 2.21. The number of nitrogens with zero attached hydrogens (tertiary/aromatic N) is 3. The van der Waals surface area contributed by atoms with E-state index in [2.05, 4.69) is 15.2 Å². The molecule has 0 amide bonds. The Morgan fingerprint density at radius 1 is 1.50 bits per heavy atom. The number of nitrogens with one attached hydrogen (secondary N) is 1. The molecule has 1 fully saturated rings. The molecular weight excluding hydrogens is 264 g/mol. The molecule has 1 unspecified atom stereocenters. The van der Waals surface area contributed by atoms with Crippen molar-refractivity contribution in [1.29, 1.82) is 0 Å². The molecule has 0 bridgehead atoms. The molecule has 1 atom stereocenters. The second kappa shape index (κ2) is 4.89. The maximum Gasteiger partial charge on any atom is 0.270 e. The van der Waals surface area contributed by atoms with Crippen molar-refractivity contribution in [2.45, 2.75) is 18.9 Å². The average molecular weight is 276 g/mol. The number of aromatic hydroxyl groups is 1. The van der Waals surface area contributed by atoms with Crippen LogP contribution in [0.25, 0.3) is 11.4 Å². The van der Waals surface area contributed by atoms with Crippen LogP contribution in [0.1, 0.15) is 24.8 Å². The van der Waals surface area contributed by atoms with Gasteiger partial charge in [-0.05, 0) is 18.9 Å². The molecule has 1 aliphatic rings. The van der Waals surface area contributed by atoms with Crippen LogP contribution in [0.2, 0.25) is 0 Å². The maximum absolute atomic E-state index is 10.8. The molecule has 20 heavy (non-hydrogen) atoms. The van der Waals surface area contributed by atoms with Crippen LogP contribution in [0.3, 0.4) is 0 Å². The number of non-ortho nitro benzene ring substituents is 1. The predicted octanol–water partition coefficient (Wildman–Crippen LogP) is 1.94. The Hall–Kier alpha value is -2.48. The highest BCUT2D eigenvalue weighted by molar-refractivity contribution is 5.66. The van der Waals surface area contributed by atoms with Crippen LogP contribution in [0, 0.1) is 10.1 Å². The topological polar surface area (TPSA) is 114 Å². The van der Waals surface area contributed by atoms with Crippen LogP contribution < -0.4 is 0 Å². The number of rotatable bonds is 3. The SMILES string of the molecule is O=[N+]([O-])c1ccc(O)c(-c2n[nH]c(C3CCCO3)n2)c1. The summed E-state index contributed by atoms with van der Waals surface area (Å²) >= 11 is 0. The minimum atomic E-state index is -0.531. The number of ether oxygens (including phenoxy) is 1. The lowest BCUT2D eigenvalue weighted by Gasteiger charge is -2.03. The number of aromatic nitrogens is 3. The van der Waals surface area contributed by atoms with Gasteiger partial charge in [0.2, 0.25) is 0 Å². The average Bonchev–Trinajstić information content (AvgIpc) is 3.10. The Kier molecular flexibility index (Phi) is 3.07. The summed E-state index contributed by atoms with van der Waals surface area (Å²) in [6.07, 6.45) is 1.69. The van der Waals surface area contributed by atoms with Gasteiger partial charge in [-0.1, -0.05) is 0 Å². The van der Waals surface area contributed by atoms with Crippen molar-refractivity contribution in [3.8, 4) is 17.1 Å². The first-order chi connectivity index (χ1) is 9.65. The van der Waals surface area contributed by atoms with Crippen LogP contribution in [0.15, 0.2) is 18.2 Å². The van der Waals surface area contributed by atoms with E-state index in [1.807, 2.05) is 0 Å². The Morgan fingerprint density at radius 2 is 2.35 bits per heavy atom. The quantitative estimate of drug-likeness (QED) is 0.654. The zero-order valence-corrected chi connectivity index (χ0v) is 10.4. The third-order valence-electron chi connectivity index (χ3n) is 3.17. The molecule has 1 aliphatic heterocycles. The lowest BCUT2D eigenvalue weighted by atomic mass is 10.1. The van der Waals surface area contributed by atoms with Gasteiger partial charge in [-0.15, -0.1) is 0 Å². The van der Waals surface area contributed by atoms with Crippen molar-refractivity contribution in [2.24, 2.45) is 0 Å². The van der Waals surface area contributed by atoms with E-state index in [9.17, 15) is 15.2 Å². The number of hydrogen-bond acceptors (Lipinski definition) is 6. The van der Waals surface area contributed by atoms with Gasteiger partial charge in [0.25, 0.3) is 5.69 Å². The minimum Gasteiger partial charge on any atom is -0.507 e. The molecule has 8 nitrogen and oxygen atoms in total. The van der Waals surface area contributed by atoms with E-state index in [1.165, 1.54) is 18.2 Å². The third-order valence-corrected chi connectivity index (χ3v) is 3.17. The molecule has 0 aliphatic carbocycles. The lowest BCUT2D eigenvalue weighted by molar-refractivity contribution is -0.384. The van der Waals surface area contributed by atoms with E-state index in [1.54, 1.807) is 0 Å². The fourth-order valence-electron chi connectivity index (χ4n) is 2.15. The van der Waals surface area contributed by atoms with Crippen molar-refractivity contribution in [2.75, 3.05) is 6.61 Å². The molecule has 0 saturated carbocycles. The van der Waals surface area contributed by atoms with E-state index < -0.39 is 4.92 Å². The van der Waals surface area contributed by atoms with Gasteiger partial charge in [-0.3, -0.25) is 15.2 Å². The van der Waals surface area contributed by atoms with Gasteiger partial charge in [0.15, 0.2) is 11.6 Å². The molecule has 8 heteroatoms. The first-order valence-corrected chi connectivity index (χ1v) is 6.17. The monoisotopic (exact) mass is 276 g/mol. The van der Waals surface area contributed by atoms with Gasteiger partial charge in [0.1, 0.15) is 11.9 Å². The summed E-state index contributed by atoms with van der Waals surface area (Å²) in [5.41, 5.74) is 0.0981. The summed E-state index contributed by atoms with van der Waals surface area (Å²) in [7, 11) is 0. The zero-order chi connectivity index (χ0) is 14.1. The number of nitro groups is 1. The molecule has 2 N–H and O–H groups in total. The number of phenolic OH excluding ortho intramolecular Hbond substituents is 1. The van der Waals surface area contributed by atoms with Crippen molar-refractivity contribution >= 4 is 5.69 Å². The van der Waals surface area contributed by atoms with E-state index in [0.717, 1.165) is 12.8 Å². The van der Waals surface area contributed by atoms with E-state index >= 15 is 0 Å². The number of aromatic amines is 1. The van der Waals surface area contributed by atoms with Gasteiger partial charge in [-0.2, -0.15) is 5.10 Å². The summed E-state index contributed by atoms with van der Waals surface area (Å²) in [4.78, 5) is 14.5. The fourth-order valence-corrected chi connectivity index (χ4v) is 2.15. The maximum atomic E-state index is 10.8. The molecule has 0 radical (unpaired) electrons. The van der Waals surface area contributed by atoms with Gasteiger partial charge in [0, 0.05) is 18.7 Å². The highest BCUT2D eigenvalue weighted by atomic mass is 16.6. The van der Waals surface area contributed by atoms with E-state index in [4.69, 9.17) is 4.74 Å². The van der Waals surface area contributed by atoms with Crippen molar-refractivity contribution in [3.63, 3.8) is 0 Å². The lowest BCUT2D eigenvalue weighted by Crippen LogP contribution is -1.98. The van der Waals surface area contributed by atoms with E-state index in [-0.39, 0.29) is 28.9 Å². The number of hydrogen-bond donors (Lipinski definition) is 2. The van der Waals surface area contributed by atoms with Crippen LogP contribution in [-0.2, 0) is 4.74 Å². The first-order valence-electron chi connectivity index (χ1n) is 6.17. The van der Waals surface area contributed by atoms with Crippen LogP contribution in [0.4, 0.5) is 5.69 Å². The van der Waals surface area contributed by atoms with E-state index in [0.29, 0.717) is 12.4 Å². The van der Waals surface area contributed by atoms with Crippen molar-refractivity contribution < 1.29 is 14.8 Å². The summed E-state index contributed by atoms with van der Waals surface area (Å²) < 4.78 is 5.48. The van der Waals surface area contributed by atoms with Gasteiger partial charge < -0.3 is 9.84 Å². The molecule has 3 rings (SSSR count). The summed E-state index contributed by atoms with van der Waals surface area (Å²) in [6.45, 7) is 0.683. The Morgan fingerprint density at radius 3 is 3.05 bits per heavy atom. The minimum absolute atomic E-state index is 0.103. The molecular formula is C12H12N4O4. The Bertz CT molecular complexity index is 649. The zero-order valence-electron chi connectivity index (χ0n) is 10.4. The second-order valence-corrected chi connectivity index (χ2v) is 4.50. The smallest absolute Gasteiger partial charge is 0.270 e. The van der Waals surface area contributed by atoms with Crippen molar-refractivity contribution in [3.05, 3.63) is 34.1 Å². The molecule has 2 aromatic rings. The van der Waals surface area contributed by atoms with Gasteiger partial charge in [-0.25, -0.2) is 4.98 Å². The predicted molar refractivity (Wildman–Crippen MR) is 68.1 cm³/mol. The first kappa shape index (κ1) is 12.5. The Balaban J connectivity index is 1.96. The standard InChI is InChI=1S/C12H12N4O4/c17-9-4-3-7(16(18)19)6-8(9)11-13-12(15-14-11)10-2-1-5-20-10/h3-4,6,10,17H,1-2,5H2,(H,13,14,15). The number of benzene rings is 1. The largest absolute Gasteiger partial charge is 0.507 e. The number of nitro benzene ring substituents is 1. The highest BCUT2D eigenvalue weighted by Gasteiger charge is 2.23. The highest BCUT2D eigenvalue weighted by Crippen LogP contribution is 2.32. The van der Waals surface area contributed by atoms with Crippen LogP contribution in [-0.4, -0.2) is 31.8 Å². The van der Waals surface area contributed by atoms with Gasteiger partial charge in [0.05, 0.1) is 10.5 Å². The van der Waals surface area contributed by atoms with Crippen molar-refractivity contribution in [1.82, 2.24) is 15.2 Å². The molecule has 2 heterocycles. The molecule has 0 spiro atoms. The Labute approximate surface area is 113 Å². The second-order valence-electron chi connectivity index (χ2n) is 4.50. The molecule has 1 saturated heterocycles. The fraction of sp³-hybridized carbons (Fsp3) is 0.333. The summed E-state index contributed by atoms with van der Waals surface area (Å²) in [5.74, 6) is 0.689. The number of phenols is 1. The normalized spacial score (nSPS) is 18.3. The molecule has 1 aromatic heterocycles. The van der Waals surface area contributed by atoms with Gasteiger partial charge >= 0.3 is 0 Å². The van der Waals surface area contributed by atoms with Crippen LogP contribution in [0.5, 0.6) is 5.75 Å². The molecule has 1 aromatic carbocycles. The molecule has 104 valence electrons. The summed E-state index contributed by atoms with van der Waals surface area (Å²) in [5, 5.41) is 27.3. The van der Waals surface area contributed by atoms with Crippen LogP contribution >= 0.6 is 0 Å².